The largest absolute Gasteiger partial charge is 0.465 e. The monoisotopic (exact) mass is 502 g/mol. The number of likely N-dealkylation sites (tertiary alicyclic amines) is 1. The third-order valence-electron chi connectivity index (χ3n) is 7.08. The number of β-amino-alcohol motifs (C(OH)–C–C–N with tert-alkyl or cyclic N) is 1. The molecular formula is C25H27ClN2O5S. The summed E-state index contributed by atoms with van der Waals surface area (Å²) >= 11 is 7.55. The number of halogens is 1. The number of cyclic esters (lactones) is 1. The Hall–Kier alpha value is -2.29. The molecule has 0 bridgehead atoms. The zero-order chi connectivity index (χ0) is 23.9. The van der Waals surface area contributed by atoms with Gasteiger partial charge in [-0.05, 0) is 43.5 Å². The van der Waals surface area contributed by atoms with Gasteiger partial charge in [0.1, 0.15) is 6.04 Å². The van der Waals surface area contributed by atoms with Crippen LogP contribution >= 0.6 is 23.4 Å². The van der Waals surface area contributed by atoms with Gasteiger partial charge in [0.05, 0.1) is 29.8 Å². The first-order chi connectivity index (χ1) is 16.5. The fourth-order valence-corrected chi connectivity index (χ4v) is 7.74. The summed E-state index contributed by atoms with van der Waals surface area (Å²) in [5.41, 5.74) is 0.678. The average molecular weight is 503 g/mol. The van der Waals surface area contributed by atoms with Gasteiger partial charge in [-0.1, -0.05) is 35.9 Å². The van der Waals surface area contributed by atoms with E-state index in [1.54, 1.807) is 29.2 Å². The van der Waals surface area contributed by atoms with Crippen molar-refractivity contribution in [3.05, 3.63) is 53.6 Å². The molecule has 2 saturated heterocycles. The fourth-order valence-electron chi connectivity index (χ4n) is 5.62. The lowest BCUT2D eigenvalue weighted by Crippen LogP contribution is -2.53. The van der Waals surface area contributed by atoms with E-state index in [9.17, 15) is 19.5 Å². The van der Waals surface area contributed by atoms with Crippen LogP contribution in [0.25, 0.3) is 0 Å². The standard InChI is InChI=1S/C25H27ClN2O5S/c26-16-7-9-17(10-8-16)27-12-5-11-25-20(22(30)28(13-14-29)21(25)23(27)31)19-18(34-25)6-3-1-2-4-15-33-24(19)32/h3,5-11,18-21,29H,1-2,4,12-15H2/b6-3-/t18-,19+,20-,21?,25-/m0/s1. The Balaban J connectivity index is 1.59. The quantitative estimate of drug-likeness (QED) is 0.505. The Kier molecular flexibility index (Phi) is 6.48. The number of carbonyl (C=O) groups excluding carboxylic acids is 3. The van der Waals surface area contributed by atoms with E-state index in [-0.39, 0.29) is 36.2 Å². The van der Waals surface area contributed by atoms with Gasteiger partial charge in [0.2, 0.25) is 5.91 Å². The number of allylic oxidation sites excluding steroid dienone is 1. The number of aliphatic hydroxyl groups is 1. The van der Waals surface area contributed by atoms with E-state index in [1.807, 2.05) is 18.2 Å². The van der Waals surface area contributed by atoms with Crippen molar-refractivity contribution in [2.75, 3.05) is 31.2 Å². The summed E-state index contributed by atoms with van der Waals surface area (Å²) in [7, 11) is 0. The molecule has 5 atom stereocenters. The molecule has 2 amide bonds. The maximum Gasteiger partial charge on any atom is 0.311 e. The summed E-state index contributed by atoms with van der Waals surface area (Å²) in [6.45, 7) is 0.421. The van der Waals surface area contributed by atoms with E-state index in [4.69, 9.17) is 16.3 Å². The number of aliphatic hydroxyl groups excluding tert-OH is 1. The zero-order valence-corrected chi connectivity index (χ0v) is 20.2. The Bertz CT molecular complexity index is 1040. The van der Waals surface area contributed by atoms with Crippen LogP contribution in [0.15, 0.2) is 48.6 Å². The average Bonchev–Trinajstić information content (AvgIpc) is 3.20. The molecule has 1 unspecified atom stereocenters. The SMILES string of the molecule is O=C1OCCCC/C=C\[C@@H]2S[C@]34C=CCN(c5ccc(Cl)cc5)C(=O)C3N(CCO)C(=O)[C@@H]4[C@H]12. The van der Waals surface area contributed by atoms with Crippen molar-refractivity contribution in [1.29, 1.82) is 0 Å². The van der Waals surface area contributed by atoms with Crippen LogP contribution in [0, 0.1) is 11.8 Å². The van der Waals surface area contributed by atoms with Crippen molar-refractivity contribution >= 4 is 46.8 Å². The van der Waals surface area contributed by atoms with Crippen molar-refractivity contribution in [3.63, 3.8) is 0 Å². The van der Waals surface area contributed by atoms with Crippen LogP contribution in [-0.4, -0.2) is 70.1 Å². The first kappa shape index (κ1) is 23.5. The molecule has 2 fully saturated rings. The van der Waals surface area contributed by atoms with Crippen LogP contribution in [0.4, 0.5) is 5.69 Å². The summed E-state index contributed by atoms with van der Waals surface area (Å²) in [6, 6.07) is 6.16. The molecule has 34 heavy (non-hydrogen) atoms. The van der Waals surface area contributed by atoms with Gasteiger partial charge in [0.25, 0.3) is 5.91 Å². The summed E-state index contributed by atoms with van der Waals surface area (Å²) in [5.74, 6) is -2.32. The number of thioether (sulfide) groups is 1. The van der Waals surface area contributed by atoms with Crippen LogP contribution in [0.1, 0.15) is 19.3 Å². The third kappa shape index (κ3) is 3.76. The van der Waals surface area contributed by atoms with Crippen LogP contribution in [0.3, 0.4) is 0 Å². The minimum Gasteiger partial charge on any atom is -0.465 e. The van der Waals surface area contributed by atoms with E-state index >= 15 is 0 Å². The Morgan fingerprint density at radius 3 is 2.68 bits per heavy atom. The van der Waals surface area contributed by atoms with E-state index in [0.29, 0.717) is 23.9 Å². The number of anilines is 1. The number of fused-ring (bicyclic) bond motifs is 2. The molecule has 1 aromatic carbocycles. The molecule has 9 heteroatoms. The van der Waals surface area contributed by atoms with Gasteiger partial charge in [-0.2, -0.15) is 0 Å². The number of nitrogens with zero attached hydrogens (tertiary/aromatic N) is 2. The predicted molar refractivity (Wildman–Crippen MR) is 131 cm³/mol. The maximum atomic E-state index is 14.0. The number of esters is 1. The number of benzene rings is 1. The lowest BCUT2D eigenvalue weighted by atomic mass is 9.78. The summed E-state index contributed by atoms with van der Waals surface area (Å²) in [4.78, 5) is 44.1. The molecule has 5 rings (SSSR count). The second-order valence-corrected chi connectivity index (χ2v) is 10.9. The second kappa shape index (κ2) is 9.40. The number of amides is 2. The highest BCUT2D eigenvalue weighted by Crippen LogP contribution is 2.60. The van der Waals surface area contributed by atoms with Gasteiger partial charge in [-0.3, -0.25) is 14.4 Å². The maximum absolute atomic E-state index is 14.0. The van der Waals surface area contributed by atoms with E-state index in [1.165, 1.54) is 16.7 Å². The summed E-state index contributed by atoms with van der Waals surface area (Å²) in [6.07, 6.45) is 10.5. The van der Waals surface area contributed by atoms with Crippen LogP contribution in [0.5, 0.6) is 0 Å². The molecule has 0 saturated carbocycles. The predicted octanol–water partition coefficient (Wildman–Crippen LogP) is 2.82. The first-order valence-corrected chi connectivity index (χ1v) is 12.9. The van der Waals surface area contributed by atoms with Crippen LogP contribution in [-0.2, 0) is 19.1 Å². The molecule has 4 aliphatic rings. The van der Waals surface area contributed by atoms with Gasteiger partial charge < -0.3 is 19.6 Å². The summed E-state index contributed by atoms with van der Waals surface area (Å²) < 4.78 is 4.66. The van der Waals surface area contributed by atoms with Crippen molar-refractivity contribution < 1.29 is 24.2 Å². The van der Waals surface area contributed by atoms with Crippen molar-refractivity contribution in [2.24, 2.45) is 11.8 Å². The van der Waals surface area contributed by atoms with E-state index in [2.05, 4.69) is 6.08 Å². The van der Waals surface area contributed by atoms with Crippen molar-refractivity contribution in [3.8, 4) is 0 Å². The molecule has 4 aliphatic heterocycles. The van der Waals surface area contributed by atoms with E-state index in [0.717, 1.165) is 19.3 Å². The number of rotatable bonds is 3. The molecule has 0 aromatic heterocycles. The Morgan fingerprint density at radius 1 is 1.12 bits per heavy atom. The number of ether oxygens (including phenoxy) is 1. The zero-order valence-electron chi connectivity index (χ0n) is 18.6. The van der Waals surface area contributed by atoms with Gasteiger partial charge >= 0.3 is 5.97 Å². The van der Waals surface area contributed by atoms with Crippen LogP contribution in [0.2, 0.25) is 5.02 Å². The second-order valence-electron chi connectivity index (χ2n) is 9.02. The minimum absolute atomic E-state index is 0.0264. The number of carbonyl (C=O) groups is 3. The number of hydrogen-bond donors (Lipinski definition) is 1. The molecule has 1 aromatic rings. The Morgan fingerprint density at radius 2 is 1.91 bits per heavy atom. The van der Waals surface area contributed by atoms with Crippen molar-refractivity contribution in [1.82, 2.24) is 4.90 Å². The van der Waals surface area contributed by atoms with E-state index < -0.39 is 22.6 Å². The molecule has 7 nitrogen and oxygen atoms in total. The van der Waals surface area contributed by atoms with Crippen molar-refractivity contribution in [2.45, 2.75) is 35.3 Å². The van der Waals surface area contributed by atoms with Gasteiger partial charge in [-0.15, -0.1) is 11.8 Å². The molecule has 0 radical (unpaired) electrons. The smallest absolute Gasteiger partial charge is 0.311 e. The number of hydrogen-bond acceptors (Lipinski definition) is 6. The lowest BCUT2D eigenvalue weighted by molar-refractivity contribution is -0.153. The molecule has 1 spiro atoms. The Labute approximate surface area is 207 Å². The molecular weight excluding hydrogens is 476 g/mol. The normalized spacial score (nSPS) is 34.2. The third-order valence-corrected chi connectivity index (χ3v) is 9.08. The molecule has 0 aliphatic carbocycles. The fraction of sp³-hybridized carbons (Fsp3) is 0.480. The van der Waals surface area contributed by atoms with Gasteiger partial charge in [0, 0.05) is 29.0 Å². The first-order valence-electron chi connectivity index (χ1n) is 11.6. The van der Waals surface area contributed by atoms with Gasteiger partial charge in [0.15, 0.2) is 0 Å². The highest BCUT2D eigenvalue weighted by atomic mass is 35.5. The highest BCUT2D eigenvalue weighted by Gasteiger charge is 2.70. The molecule has 1 N–H and O–H groups in total. The topological polar surface area (TPSA) is 87.2 Å². The van der Waals surface area contributed by atoms with Crippen LogP contribution < -0.4 is 4.90 Å². The minimum atomic E-state index is -0.919. The highest BCUT2D eigenvalue weighted by molar-refractivity contribution is 8.02. The summed E-state index contributed by atoms with van der Waals surface area (Å²) in [5, 5.41) is 10.0. The molecule has 180 valence electrons. The molecule has 4 heterocycles. The van der Waals surface area contributed by atoms with Gasteiger partial charge in [-0.25, -0.2) is 0 Å². The lowest BCUT2D eigenvalue weighted by Gasteiger charge is -2.35.